The minimum Gasteiger partial charge on any atom is -0.334 e. The van der Waals surface area contributed by atoms with Crippen LogP contribution in [0.5, 0.6) is 0 Å². The number of carbonyl (C=O) groups is 2. The molecule has 160 valence electrons. The Morgan fingerprint density at radius 1 is 1.20 bits per heavy atom. The zero-order valence-electron chi connectivity index (χ0n) is 16.9. The van der Waals surface area contributed by atoms with Crippen molar-refractivity contribution in [3.8, 4) is 0 Å². The Morgan fingerprint density at radius 3 is 2.70 bits per heavy atom. The van der Waals surface area contributed by atoms with Gasteiger partial charge in [-0.2, -0.15) is 0 Å². The summed E-state index contributed by atoms with van der Waals surface area (Å²) < 4.78 is 13.2. The number of halogens is 2. The van der Waals surface area contributed by atoms with Crippen molar-refractivity contribution in [3.05, 3.63) is 51.1 Å². The lowest BCUT2D eigenvalue weighted by atomic mass is 10.2. The third-order valence-electron chi connectivity index (χ3n) is 5.83. The number of hydrogen-bond acceptors (Lipinski definition) is 4. The molecule has 2 fully saturated rings. The molecule has 8 heteroatoms. The van der Waals surface area contributed by atoms with Gasteiger partial charge < -0.3 is 15.1 Å². The zero-order valence-corrected chi connectivity index (χ0v) is 18.5. The summed E-state index contributed by atoms with van der Waals surface area (Å²) in [5.41, 5.74) is 1.04. The zero-order chi connectivity index (χ0) is 21.3. The Bertz CT molecular complexity index is 958. The van der Waals surface area contributed by atoms with E-state index < -0.39 is 11.7 Å². The van der Waals surface area contributed by atoms with Crippen LogP contribution >= 0.6 is 22.9 Å². The molecular formula is C22H25ClFN3O2S. The molecule has 2 amide bonds. The fourth-order valence-electron chi connectivity index (χ4n) is 4.30. The topological polar surface area (TPSA) is 52.7 Å². The molecule has 1 N–H and O–H groups in total. The minimum absolute atomic E-state index is 0.0412. The van der Waals surface area contributed by atoms with E-state index in [0.29, 0.717) is 9.88 Å². The first kappa shape index (κ1) is 21.3. The summed E-state index contributed by atoms with van der Waals surface area (Å²) >= 11 is 7.26. The van der Waals surface area contributed by atoms with Gasteiger partial charge in [-0.05, 0) is 75.5 Å². The first-order chi connectivity index (χ1) is 14.4. The largest absolute Gasteiger partial charge is 0.334 e. The van der Waals surface area contributed by atoms with E-state index in [1.807, 2.05) is 11.8 Å². The van der Waals surface area contributed by atoms with Gasteiger partial charge in [-0.3, -0.25) is 9.59 Å². The van der Waals surface area contributed by atoms with Crippen LogP contribution in [0.3, 0.4) is 0 Å². The van der Waals surface area contributed by atoms with Gasteiger partial charge in [0.1, 0.15) is 5.82 Å². The first-order valence-electron chi connectivity index (χ1n) is 10.3. The van der Waals surface area contributed by atoms with Crippen LogP contribution in [0, 0.1) is 12.7 Å². The number of aryl methyl sites for hydroxylation is 1. The number of likely N-dealkylation sites (tertiary alicyclic amines) is 2. The number of rotatable bonds is 5. The number of benzene rings is 1. The number of carbonyl (C=O) groups excluding carboxylic acids is 2. The molecule has 3 heterocycles. The van der Waals surface area contributed by atoms with Crippen molar-refractivity contribution < 1.29 is 14.0 Å². The monoisotopic (exact) mass is 449 g/mol. The van der Waals surface area contributed by atoms with Gasteiger partial charge in [0.2, 0.25) is 0 Å². The normalized spacial score (nSPS) is 19.4. The van der Waals surface area contributed by atoms with E-state index in [2.05, 4.69) is 10.2 Å². The molecule has 2 aromatic rings. The second-order valence-corrected chi connectivity index (χ2v) is 9.46. The summed E-state index contributed by atoms with van der Waals surface area (Å²) in [5, 5.41) is 3.42. The molecule has 4 rings (SSSR count). The Kier molecular flexibility index (Phi) is 6.41. The molecule has 1 unspecified atom stereocenters. The average molecular weight is 450 g/mol. The Labute approximate surface area is 184 Å². The lowest BCUT2D eigenvalue weighted by Gasteiger charge is -2.28. The molecule has 0 bridgehead atoms. The van der Waals surface area contributed by atoms with Crippen molar-refractivity contribution in [3.63, 3.8) is 0 Å². The molecule has 0 radical (unpaired) electrons. The molecular weight excluding hydrogens is 425 g/mol. The number of hydrogen-bond donors (Lipinski definition) is 1. The maximum atomic E-state index is 13.3. The van der Waals surface area contributed by atoms with Crippen LogP contribution in [0.4, 0.5) is 9.39 Å². The van der Waals surface area contributed by atoms with Gasteiger partial charge in [-0.1, -0.05) is 11.6 Å². The molecule has 30 heavy (non-hydrogen) atoms. The van der Waals surface area contributed by atoms with Crippen molar-refractivity contribution >= 4 is 39.8 Å². The van der Waals surface area contributed by atoms with Gasteiger partial charge in [-0.25, -0.2) is 4.39 Å². The van der Waals surface area contributed by atoms with Crippen molar-refractivity contribution in [2.24, 2.45) is 0 Å². The third-order valence-corrected chi connectivity index (χ3v) is 7.28. The Hall–Kier alpha value is -1.96. The molecule has 0 saturated carbocycles. The average Bonchev–Trinajstić information content (AvgIpc) is 3.43. The van der Waals surface area contributed by atoms with E-state index in [1.165, 1.54) is 36.3 Å². The fourth-order valence-corrected chi connectivity index (χ4v) is 5.57. The molecule has 0 aliphatic carbocycles. The van der Waals surface area contributed by atoms with Crippen LogP contribution in [0.15, 0.2) is 24.3 Å². The van der Waals surface area contributed by atoms with Crippen molar-refractivity contribution in [1.82, 2.24) is 9.80 Å². The quantitative estimate of drug-likeness (QED) is 0.713. The second-order valence-electron chi connectivity index (χ2n) is 8.00. The highest BCUT2D eigenvalue weighted by molar-refractivity contribution is 7.18. The van der Waals surface area contributed by atoms with E-state index in [1.54, 1.807) is 6.07 Å². The van der Waals surface area contributed by atoms with Crippen LogP contribution in [0.2, 0.25) is 5.02 Å². The molecule has 2 saturated heterocycles. The van der Waals surface area contributed by atoms with Crippen LogP contribution in [-0.2, 0) is 0 Å². The van der Waals surface area contributed by atoms with Crippen LogP contribution in [0.1, 0.15) is 51.3 Å². The van der Waals surface area contributed by atoms with Crippen LogP contribution < -0.4 is 5.32 Å². The lowest BCUT2D eigenvalue weighted by molar-refractivity contribution is 0.0713. The maximum absolute atomic E-state index is 13.3. The highest BCUT2D eigenvalue weighted by atomic mass is 35.5. The number of nitrogens with zero attached hydrogens (tertiary/aromatic N) is 2. The second kappa shape index (κ2) is 9.04. The van der Waals surface area contributed by atoms with Gasteiger partial charge in [0.15, 0.2) is 0 Å². The van der Waals surface area contributed by atoms with Crippen LogP contribution in [-0.4, -0.2) is 53.8 Å². The molecule has 1 atom stereocenters. The summed E-state index contributed by atoms with van der Waals surface area (Å²) in [4.78, 5) is 30.9. The highest BCUT2D eigenvalue weighted by Crippen LogP contribution is 2.31. The van der Waals surface area contributed by atoms with E-state index in [4.69, 9.17) is 11.6 Å². The van der Waals surface area contributed by atoms with Gasteiger partial charge in [0, 0.05) is 19.1 Å². The van der Waals surface area contributed by atoms with E-state index >= 15 is 0 Å². The highest BCUT2D eigenvalue weighted by Gasteiger charge is 2.32. The number of nitrogens with one attached hydrogen (secondary N) is 1. The number of anilines is 1. The molecule has 1 aromatic carbocycles. The summed E-state index contributed by atoms with van der Waals surface area (Å²) in [6.07, 6.45) is 4.55. The van der Waals surface area contributed by atoms with Gasteiger partial charge in [0.25, 0.3) is 11.8 Å². The molecule has 2 aliphatic rings. The predicted molar refractivity (Wildman–Crippen MR) is 118 cm³/mol. The predicted octanol–water partition coefficient (Wildman–Crippen LogP) is 4.80. The molecule has 1 aromatic heterocycles. The third kappa shape index (κ3) is 4.53. The van der Waals surface area contributed by atoms with Crippen molar-refractivity contribution in [2.75, 3.05) is 31.5 Å². The van der Waals surface area contributed by atoms with E-state index in [9.17, 15) is 14.0 Å². The standard InChI is InChI=1S/C22H25ClFN3O2S/c1-14-11-19(25-21(28)17-7-6-15(24)12-18(17)23)30-20(14)22(29)27-10-4-5-16(27)13-26-8-2-3-9-26/h6-7,11-12,16H,2-5,8-10,13H2,1H3,(H,25,28). The van der Waals surface area contributed by atoms with Gasteiger partial charge in [0.05, 0.1) is 20.5 Å². The minimum atomic E-state index is -0.495. The smallest absolute Gasteiger partial charge is 0.264 e. The summed E-state index contributed by atoms with van der Waals surface area (Å²) in [6.45, 7) is 5.86. The number of amides is 2. The van der Waals surface area contributed by atoms with Gasteiger partial charge >= 0.3 is 0 Å². The maximum Gasteiger partial charge on any atom is 0.264 e. The van der Waals surface area contributed by atoms with E-state index in [-0.39, 0.29) is 22.5 Å². The Morgan fingerprint density at radius 2 is 1.97 bits per heavy atom. The molecule has 5 nitrogen and oxygen atoms in total. The number of thiophene rings is 1. The molecule has 2 aliphatic heterocycles. The summed E-state index contributed by atoms with van der Waals surface area (Å²) in [5.74, 6) is -0.877. The van der Waals surface area contributed by atoms with Gasteiger partial charge in [-0.15, -0.1) is 11.3 Å². The molecule has 0 spiro atoms. The fraction of sp³-hybridized carbons (Fsp3) is 0.455. The van der Waals surface area contributed by atoms with Crippen molar-refractivity contribution in [2.45, 2.75) is 38.6 Å². The van der Waals surface area contributed by atoms with E-state index in [0.717, 1.165) is 50.7 Å². The SMILES string of the molecule is Cc1cc(NC(=O)c2ccc(F)cc2Cl)sc1C(=O)N1CCCC1CN1CCCC1. The summed E-state index contributed by atoms with van der Waals surface area (Å²) in [6, 6.07) is 5.72. The summed E-state index contributed by atoms with van der Waals surface area (Å²) in [7, 11) is 0. The Balaban J connectivity index is 1.46. The first-order valence-corrected chi connectivity index (χ1v) is 11.5. The van der Waals surface area contributed by atoms with Crippen LogP contribution in [0.25, 0.3) is 0 Å². The van der Waals surface area contributed by atoms with Crippen molar-refractivity contribution in [1.29, 1.82) is 0 Å². The lowest BCUT2D eigenvalue weighted by Crippen LogP contribution is -2.42.